The lowest BCUT2D eigenvalue weighted by molar-refractivity contribution is -0.145. The highest BCUT2D eigenvalue weighted by Crippen LogP contribution is 2.30. The zero-order valence-electron chi connectivity index (χ0n) is 16.5. The molecular weight excluding hydrogens is 404 g/mol. The first kappa shape index (κ1) is 20.2. The summed E-state index contributed by atoms with van der Waals surface area (Å²) in [6.45, 7) is 2.82. The summed E-state index contributed by atoms with van der Waals surface area (Å²) in [6, 6.07) is 11.6. The van der Waals surface area contributed by atoms with E-state index < -0.39 is 5.97 Å². The minimum atomic E-state index is -0.783. The molecule has 3 aromatic rings. The monoisotopic (exact) mass is 426 g/mol. The van der Waals surface area contributed by atoms with Gasteiger partial charge in [-0.25, -0.2) is 0 Å². The quantitative estimate of drug-likeness (QED) is 0.604. The number of carboxylic acids is 1. The molecule has 8 nitrogen and oxygen atoms in total. The lowest BCUT2D eigenvalue weighted by Crippen LogP contribution is -2.41. The van der Waals surface area contributed by atoms with E-state index in [-0.39, 0.29) is 17.6 Å². The number of carbonyl (C=O) groups excluding carboxylic acids is 1. The fourth-order valence-electron chi connectivity index (χ4n) is 3.56. The van der Waals surface area contributed by atoms with Gasteiger partial charge in [0.25, 0.3) is 0 Å². The van der Waals surface area contributed by atoms with E-state index >= 15 is 0 Å². The highest BCUT2D eigenvalue weighted by Gasteiger charge is 2.27. The standard InChI is InChI=1S/C21H22N4O4S/c1-14-17(9-12-29-14)19-22-23-21(25(19)16-5-3-2-4-6-16)30-13-18(26)24-10-7-15(8-11-24)20(27)28/h2-6,9,12,15H,7-8,10-11,13H2,1H3,(H,27,28). The molecule has 2 aromatic heterocycles. The SMILES string of the molecule is Cc1occc1-c1nnc(SCC(=O)N2CCC(C(=O)O)CC2)n1-c1ccccc1. The van der Waals surface area contributed by atoms with Crippen LogP contribution in [0, 0.1) is 12.8 Å². The van der Waals surface area contributed by atoms with Gasteiger partial charge in [0.15, 0.2) is 11.0 Å². The maximum absolute atomic E-state index is 12.7. The van der Waals surface area contributed by atoms with Gasteiger partial charge in [-0.2, -0.15) is 0 Å². The summed E-state index contributed by atoms with van der Waals surface area (Å²) in [5.74, 6) is 0.455. The molecule has 1 saturated heterocycles. The number of benzene rings is 1. The topological polar surface area (TPSA) is 101 Å². The van der Waals surface area contributed by atoms with Crippen molar-refractivity contribution in [2.75, 3.05) is 18.8 Å². The van der Waals surface area contributed by atoms with Crippen LogP contribution in [0.3, 0.4) is 0 Å². The van der Waals surface area contributed by atoms with Gasteiger partial charge in [-0.15, -0.1) is 10.2 Å². The van der Waals surface area contributed by atoms with Crippen LogP contribution < -0.4 is 0 Å². The maximum Gasteiger partial charge on any atom is 0.306 e. The highest BCUT2D eigenvalue weighted by molar-refractivity contribution is 7.99. The van der Waals surface area contributed by atoms with Crippen molar-refractivity contribution >= 4 is 23.6 Å². The first-order valence-corrected chi connectivity index (χ1v) is 10.7. The number of aromatic nitrogens is 3. The fourth-order valence-corrected chi connectivity index (χ4v) is 4.41. The molecule has 1 amide bonds. The van der Waals surface area contributed by atoms with Crippen molar-refractivity contribution in [1.29, 1.82) is 0 Å². The third-order valence-electron chi connectivity index (χ3n) is 5.27. The number of amides is 1. The molecule has 1 N–H and O–H groups in total. The summed E-state index contributed by atoms with van der Waals surface area (Å²) in [7, 11) is 0. The molecule has 1 aliphatic rings. The Kier molecular flexibility index (Phi) is 5.89. The molecule has 0 saturated carbocycles. The predicted molar refractivity (Wildman–Crippen MR) is 111 cm³/mol. The Morgan fingerprint density at radius 2 is 1.90 bits per heavy atom. The van der Waals surface area contributed by atoms with E-state index in [0.717, 1.165) is 17.0 Å². The van der Waals surface area contributed by atoms with Crippen LogP contribution in [0.2, 0.25) is 0 Å². The van der Waals surface area contributed by atoms with E-state index in [9.17, 15) is 9.59 Å². The molecule has 0 unspecified atom stereocenters. The summed E-state index contributed by atoms with van der Waals surface area (Å²) >= 11 is 1.33. The van der Waals surface area contributed by atoms with Crippen LogP contribution in [0.1, 0.15) is 18.6 Å². The van der Waals surface area contributed by atoms with Gasteiger partial charge in [0.05, 0.1) is 23.5 Å². The van der Waals surface area contributed by atoms with E-state index in [1.807, 2.05) is 47.9 Å². The number of carboxylic acid groups (broad SMARTS) is 1. The van der Waals surface area contributed by atoms with Gasteiger partial charge in [-0.3, -0.25) is 14.2 Å². The fraction of sp³-hybridized carbons (Fsp3) is 0.333. The Balaban J connectivity index is 1.52. The molecule has 0 aliphatic carbocycles. The Morgan fingerprint density at radius 3 is 2.53 bits per heavy atom. The number of aliphatic carboxylic acids is 1. The second-order valence-corrected chi connectivity index (χ2v) is 8.09. The summed E-state index contributed by atoms with van der Waals surface area (Å²) in [5.41, 5.74) is 1.75. The second-order valence-electron chi connectivity index (χ2n) is 7.15. The first-order chi connectivity index (χ1) is 14.5. The van der Waals surface area contributed by atoms with Crippen molar-refractivity contribution in [2.24, 2.45) is 5.92 Å². The third kappa shape index (κ3) is 4.11. The summed E-state index contributed by atoms with van der Waals surface area (Å²) in [6.07, 6.45) is 2.61. The first-order valence-electron chi connectivity index (χ1n) is 9.73. The van der Waals surface area contributed by atoms with E-state index in [0.29, 0.717) is 36.9 Å². The van der Waals surface area contributed by atoms with Gasteiger partial charge < -0.3 is 14.4 Å². The van der Waals surface area contributed by atoms with Crippen molar-refractivity contribution < 1.29 is 19.1 Å². The Hall–Kier alpha value is -3.07. The van der Waals surface area contributed by atoms with Crippen molar-refractivity contribution in [3.63, 3.8) is 0 Å². The maximum atomic E-state index is 12.7. The van der Waals surface area contributed by atoms with Crippen LogP contribution in [0.25, 0.3) is 17.1 Å². The normalized spacial score (nSPS) is 14.8. The average Bonchev–Trinajstić information content (AvgIpc) is 3.38. The highest BCUT2D eigenvalue weighted by atomic mass is 32.2. The molecule has 0 atom stereocenters. The predicted octanol–water partition coefficient (Wildman–Crippen LogP) is 3.25. The molecule has 1 aliphatic heterocycles. The van der Waals surface area contributed by atoms with E-state index in [1.54, 1.807) is 11.2 Å². The van der Waals surface area contributed by atoms with Gasteiger partial charge in [-0.05, 0) is 38.0 Å². The van der Waals surface area contributed by atoms with Crippen LogP contribution in [0.15, 0.2) is 52.2 Å². The van der Waals surface area contributed by atoms with Gasteiger partial charge in [0.1, 0.15) is 5.76 Å². The van der Waals surface area contributed by atoms with Gasteiger partial charge in [0, 0.05) is 18.8 Å². The Morgan fingerprint density at radius 1 is 1.17 bits per heavy atom. The van der Waals surface area contributed by atoms with Crippen molar-refractivity contribution in [3.05, 3.63) is 48.4 Å². The number of likely N-dealkylation sites (tertiary alicyclic amines) is 1. The molecule has 1 fully saturated rings. The van der Waals surface area contributed by atoms with Crippen molar-refractivity contribution in [1.82, 2.24) is 19.7 Å². The third-order valence-corrected chi connectivity index (χ3v) is 6.18. The van der Waals surface area contributed by atoms with Crippen LogP contribution in [-0.2, 0) is 9.59 Å². The summed E-state index contributed by atoms with van der Waals surface area (Å²) in [4.78, 5) is 25.5. The number of aryl methyl sites for hydroxylation is 1. The zero-order chi connectivity index (χ0) is 21.1. The smallest absolute Gasteiger partial charge is 0.306 e. The van der Waals surface area contributed by atoms with E-state index in [4.69, 9.17) is 9.52 Å². The van der Waals surface area contributed by atoms with Gasteiger partial charge in [-0.1, -0.05) is 30.0 Å². The van der Waals surface area contributed by atoms with Crippen LogP contribution in [0.5, 0.6) is 0 Å². The molecule has 0 radical (unpaired) electrons. The molecule has 4 rings (SSSR count). The van der Waals surface area contributed by atoms with Gasteiger partial charge >= 0.3 is 5.97 Å². The second kappa shape index (κ2) is 8.74. The van der Waals surface area contributed by atoms with E-state index in [2.05, 4.69) is 10.2 Å². The molecule has 156 valence electrons. The molecule has 0 bridgehead atoms. The summed E-state index contributed by atoms with van der Waals surface area (Å²) in [5, 5.41) is 18.4. The minimum Gasteiger partial charge on any atom is -0.481 e. The number of carbonyl (C=O) groups is 2. The molecular formula is C21H22N4O4S. The lowest BCUT2D eigenvalue weighted by atomic mass is 9.97. The summed E-state index contributed by atoms with van der Waals surface area (Å²) < 4.78 is 7.35. The number of rotatable bonds is 6. The number of piperidine rings is 1. The number of hydrogen-bond donors (Lipinski definition) is 1. The average molecular weight is 426 g/mol. The van der Waals surface area contributed by atoms with Crippen molar-refractivity contribution in [2.45, 2.75) is 24.9 Å². The molecule has 0 spiro atoms. The number of thioether (sulfide) groups is 1. The number of hydrogen-bond acceptors (Lipinski definition) is 6. The largest absolute Gasteiger partial charge is 0.481 e. The number of furan rings is 1. The van der Waals surface area contributed by atoms with Crippen LogP contribution in [-0.4, -0.2) is 55.5 Å². The molecule has 3 heterocycles. The van der Waals surface area contributed by atoms with Gasteiger partial charge in [0.2, 0.25) is 5.91 Å². The zero-order valence-corrected chi connectivity index (χ0v) is 17.3. The van der Waals surface area contributed by atoms with Crippen LogP contribution in [0.4, 0.5) is 0 Å². The number of para-hydroxylation sites is 1. The Labute approximate surface area is 177 Å². The minimum absolute atomic E-state index is 0.0208. The molecule has 1 aromatic carbocycles. The molecule has 9 heteroatoms. The van der Waals surface area contributed by atoms with E-state index in [1.165, 1.54) is 11.8 Å². The lowest BCUT2D eigenvalue weighted by Gasteiger charge is -2.30. The molecule has 30 heavy (non-hydrogen) atoms. The van der Waals surface area contributed by atoms with Crippen LogP contribution >= 0.6 is 11.8 Å². The van der Waals surface area contributed by atoms with Crippen molar-refractivity contribution in [3.8, 4) is 17.1 Å². The Bertz CT molecular complexity index is 1040. The number of nitrogens with zero attached hydrogens (tertiary/aromatic N) is 4.